The van der Waals surface area contributed by atoms with E-state index in [4.69, 9.17) is 23.2 Å². The van der Waals surface area contributed by atoms with Crippen molar-refractivity contribution in [1.29, 1.82) is 5.26 Å². The lowest BCUT2D eigenvalue weighted by Gasteiger charge is -2.33. The molecule has 1 unspecified atom stereocenters. The van der Waals surface area contributed by atoms with Crippen LogP contribution in [-0.2, 0) is 15.0 Å². The van der Waals surface area contributed by atoms with Crippen molar-refractivity contribution in [2.75, 3.05) is 18.9 Å². The molecule has 3 heterocycles. The van der Waals surface area contributed by atoms with E-state index in [1.165, 1.54) is 9.80 Å². The fourth-order valence-corrected chi connectivity index (χ4v) is 6.22. The first-order valence-corrected chi connectivity index (χ1v) is 13.2. The summed E-state index contributed by atoms with van der Waals surface area (Å²) in [6.07, 6.45) is 0.587. The van der Waals surface area contributed by atoms with Gasteiger partial charge < -0.3 is 20.1 Å². The molecule has 0 saturated carbocycles. The van der Waals surface area contributed by atoms with Gasteiger partial charge in [0.25, 0.3) is 5.91 Å². The van der Waals surface area contributed by atoms with Gasteiger partial charge in [0.1, 0.15) is 17.8 Å². The Morgan fingerprint density at radius 2 is 1.97 bits per heavy atom. The monoisotopic (exact) mass is 551 g/mol. The van der Waals surface area contributed by atoms with Crippen molar-refractivity contribution in [2.24, 2.45) is 5.92 Å². The molecule has 5 rings (SSSR count). The first-order chi connectivity index (χ1) is 18.1. The third-order valence-electron chi connectivity index (χ3n) is 7.56. The molecule has 2 aliphatic rings. The SMILES string of the molecule is CC(C)C[C@@H](C(=O)N1C[C@]2(CC1C#N)C(=O)Nc1ccccc12)N(C)C(=O)c1cc2cc(Cl)cc(Cl)c2[nH]1. The number of likely N-dealkylation sites (N-methyl/N-ethyl adjacent to an activating group) is 1. The third-order valence-corrected chi connectivity index (χ3v) is 8.08. The molecule has 2 aromatic carbocycles. The summed E-state index contributed by atoms with van der Waals surface area (Å²) < 4.78 is 0. The summed E-state index contributed by atoms with van der Waals surface area (Å²) in [7, 11) is 1.58. The first kappa shape index (κ1) is 26.1. The number of aromatic amines is 1. The number of fused-ring (bicyclic) bond motifs is 3. The van der Waals surface area contributed by atoms with Gasteiger partial charge in [-0.3, -0.25) is 14.4 Å². The van der Waals surface area contributed by atoms with Gasteiger partial charge >= 0.3 is 0 Å². The summed E-state index contributed by atoms with van der Waals surface area (Å²) >= 11 is 12.4. The van der Waals surface area contributed by atoms with Crippen LogP contribution >= 0.6 is 23.2 Å². The highest BCUT2D eigenvalue weighted by Gasteiger charge is 2.56. The summed E-state index contributed by atoms with van der Waals surface area (Å²) in [6, 6.07) is 12.9. The number of nitrogens with zero attached hydrogens (tertiary/aromatic N) is 3. The number of halogens is 2. The van der Waals surface area contributed by atoms with Crippen LogP contribution in [0.5, 0.6) is 0 Å². The lowest BCUT2D eigenvalue weighted by atomic mass is 9.80. The van der Waals surface area contributed by atoms with Crippen LogP contribution in [0.3, 0.4) is 0 Å². The molecule has 8 nitrogen and oxygen atoms in total. The van der Waals surface area contributed by atoms with Crippen molar-refractivity contribution in [3.8, 4) is 6.07 Å². The van der Waals surface area contributed by atoms with Crippen LogP contribution in [0.4, 0.5) is 5.69 Å². The number of hydrogen-bond acceptors (Lipinski definition) is 4. The van der Waals surface area contributed by atoms with E-state index in [9.17, 15) is 19.6 Å². The molecule has 3 aromatic rings. The summed E-state index contributed by atoms with van der Waals surface area (Å²) in [4.78, 5) is 46.7. The maximum absolute atomic E-state index is 14.1. The number of amides is 3. The minimum absolute atomic E-state index is 0.0734. The summed E-state index contributed by atoms with van der Waals surface area (Å²) in [6.45, 7) is 4.01. The lowest BCUT2D eigenvalue weighted by molar-refractivity contribution is -0.136. The Morgan fingerprint density at radius 1 is 1.24 bits per heavy atom. The Bertz CT molecular complexity index is 1510. The smallest absolute Gasteiger partial charge is 0.270 e. The Balaban J connectivity index is 1.46. The average Bonchev–Trinajstić information content (AvgIpc) is 3.56. The summed E-state index contributed by atoms with van der Waals surface area (Å²) in [5, 5.41) is 14.4. The molecule has 38 heavy (non-hydrogen) atoms. The van der Waals surface area contributed by atoms with E-state index in [-0.39, 0.29) is 36.4 Å². The van der Waals surface area contributed by atoms with E-state index >= 15 is 0 Å². The van der Waals surface area contributed by atoms with Crippen molar-refractivity contribution in [3.63, 3.8) is 0 Å². The Labute approximate surface area is 230 Å². The van der Waals surface area contributed by atoms with Crippen LogP contribution < -0.4 is 5.32 Å². The van der Waals surface area contributed by atoms with Gasteiger partial charge in [-0.15, -0.1) is 0 Å². The number of H-pyrrole nitrogens is 1. The number of benzene rings is 2. The van der Waals surface area contributed by atoms with Gasteiger partial charge in [-0.25, -0.2) is 0 Å². The summed E-state index contributed by atoms with van der Waals surface area (Å²) in [5.74, 6) is -0.874. The molecule has 0 radical (unpaired) electrons. The Morgan fingerprint density at radius 3 is 2.68 bits per heavy atom. The van der Waals surface area contributed by atoms with Crippen molar-refractivity contribution in [2.45, 2.75) is 44.2 Å². The topological polar surface area (TPSA) is 109 Å². The van der Waals surface area contributed by atoms with Crippen LogP contribution in [-0.4, -0.2) is 58.2 Å². The number of carbonyl (C=O) groups is 3. The third kappa shape index (κ3) is 4.20. The maximum atomic E-state index is 14.1. The highest BCUT2D eigenvalue weighted by Crippen LogP contribution is 2.46. The Hall–Kier alpha value is -3.54. The van der Waals surface area contributed by atoms with Crippen LogP contribution in [0.2, 0.25) is 10.0 Å². The molecule has 3 amide bonds. The Kier molecular flexibility index (Phi) is 6.62. The number of nitriles is 1. The van der Waals surface area contributed by atoms with Gasteiger partial charge in [0, 0.05) is 36.1 Å². The van der Waals surface area contributed by atoms with Gasteiger partial charge in [-0.05, 0) is 42.2 Å². The van der Waals surface area contributed by atoms with Crippen molar-refractivity contribution in [3.05, 3.63) is 63.8 Å². The fourth-order valence-electron chi connectivity index (χ4n) is 5.66. The minimum atomic E-state index is -0.995. The van der Waals surface area contributed by atoms with Gasteiger partial charge in [0.05, 0.1) is 22.0 Å². The van der Waals surface area contributed by atoms with Crippen molar-refractivity contribution >= 4 is 57.5 Å². The average molecular weight is 552 g/mol. The van der Waals surface area contributed by atoms with E-state index < -0.39 is 23.4 Å². The maximum Gasteiger partial charge on any atom is 0.270 e. The first-order valence-electron chi connectivity index (χ1n) is 12.4. The van der Waals surface area contributed by atoms with Crippen molar-refractivity contribution < 1.29 is 14.4 Å². The number of likely N-dealkylation sites (tertiary alicyclic amines) is 1. The van der Waals surface area contributed by atoms with Gasteiger partial charge in [0.2, 0.25) is 11.8 Å². The number of aromatic nitrogens is 1. The second-order valence-corrected chi connectivity index (χ2v) is 11.3. The minimum Gasteiger partial charge on any atom is -0.349 e. The van der Waals surface area contributed by atoms with E-state index in [0.29, 0.717) is 33.1 Å². The molecule has 1 spiro atoms. The number of anilines is 1. The zero-order valence-corrected chi connectivity index (χ0v) is 22.7. The number of para-hydroxylation sites is 1. The largest absolute Gasteiger partial charge is 0.349 e. The predicted octanol–water partition coefficient (Wildman–Crippen LogP) is 4.98. The molecule has 10 heteroatoms. The molecule has 1 saturated heterocycles. The molecule has 1 fully saturated rings. The second kappa shape index (κ2) is 9.64. The molecule has 0 aliphatic carbocycles. The highest BCUT2D eigenvalue weighted by molar-refractivity contribution is 6.38. The molecular formula is C28H27Cl2N5O3. The van der Waals surface area contributed by atoms with Gasteiger partial charge in [-0.1, -0.05) is 55.2 Å². The molecule has 196 valence electrons. The molecule has 0 bridgehead atoms. The lowest BCUT2D eigenvalue weighted by Crippen LogP contribution is -2.52. The molecule has 2 N–H and O–H groups in total. The van der Waals surface area contributed by atoms with E-state index in [1.807, 2.05) is 38.1 Å². The predicted molar refractivity (Wildman–Crippen MR) is 146 cm³/mol. The summed E-state index contributed by atoms with van der Waals surface area (Å²) in [5.41, 5.74) is 1.35. The van der Waals surface area contributed by atoms with E-state index in [0.717, 1.165) is 5.56 Å². The number of carbonyl (C=O) groups excluding carboxylic acids is 3. The fraction of sp³-hybridized carbons (Fsp3) is 0.357. The number of nitrogens with one attached hydrogen (secondary N) is 2. The van der Waals surface area contributed by atoms with Crippen LogP contribution in [0, 0.1) is 17.2 Å². The zero-order chi connectivity index (χ0) is 27.4. The second-order valence-electron chi connectivity index (χ2n) is 10.5. The number of hydrogen-bond donors (Lipinski definition) is 2. The van der Waals surface area contributed by atoms with Crippen molar-refractivity contribution in [1.82, 2.24) is 14.8 Å². The standard InChI is InChI=1S/C28H27Cl2N5O3/c1-15(2)8-23(34(3)25(36)22-10-16-9-17(29)11-20(30)24(16)32-22)26(37)35-14-28(12-18(35)13-31)19-6-4-5-7-21(19)33-27(28)38/h4-7,9-11,15,18,23,32H,8,12,14H2,1-3H3,(H,33,38)/t18?,23-,28-/m0/s1. The van der Waals surface area contributed by atoms with Crippen LogP contribution in [0.25, 0.3) is 10.9 Å². The molecule has 1 aromatic heterocycles. The van der Waals surface area contributed by atoms with E-state index in [2.05, 4.69) is 16.4 Å². The quantitative estimate of drug-likeness (QED) is 0.466. The van der Waals surface area contributed by atoms with Crippen LogP contribution in [0.15, 0.2) is 42.5 Å². The molecule has 2 aliphatic heterocycles. The molecule has 3 atom stereocenters. The molecular weight excluding hydrogens is 525 g/mol. The van der Waals surface area contributed by atoms with Gasteiger partial charge in [0.15, 0.2) is 0 Å². The normalized spacial score (nSPS) is 21.0. The number of rotatable bonds is 5. The zero-order valence-electron chi connectivity index (χ0n) is 21.2. The van der Waals surface area contributed by atoms with Crippen LogP contribution in [0.1, 0.15) is 42.7 Å². The highest BCUT2D eigenvalue weighted by atomic mass is 35.5. The van der Waals surface area contributed by atoms with Gasteiger partial charge in [-0.2, -0.15) is 5.26 Å². The van der Waals surface area contributed by atoms with E-state index in [1.54, 1.807) is 25.2 Å².